The Morgan fingerprint density at radius 1 is 0.706 bits per heavy atom. The van der Waals surface area contributed by atoms with Gasteiger partial charge in [0.05, 0.1) is 11.6 Å². The molecule has 2 amide bonds. The Bertz CT molecular complexity index is 1330. The zero-order valence-corrected chi connectivity index (χ0v) is 18.5. The third kappa shape index (κ3) is 3.95. The highest BCUT2D eigenvalue weighted by Gasteiger charge is 2.44. The zero-order valence-electron chi connectivity index (χ0n) is 18.5. The van der Waals surface area contributed by atoms with Crippen LogP contribution < -0.4 is 4.90 Å². The molecular formula is C30H23NO3. The van der Waals surface area contributed by atoms with E-state index in [4.69, 9.17) is 0 Å². The monoisotopic (exact) mass is 445 g/mol. The van der Waals surface area contributed by atoms with Crippen LogP contribution in [0.4, 0.5) is 5.69 Å². The number of carbonyl (C=O) groups is 3. The van der Waals surface area contributed by atoms with Crippen molar-refractivity contribution in [3.05, 3.63) is 138 Å². The first-order chi connectivity index (χ1) is 16.6. The van der Waals surface area contributed by atoms with Crippen LogP contribution in [0.2, 0.25) is 0 Å². The minimum Gasteiger partial charge on any atom is -0.294 e. The predicted molar refractivity (Wildman–Crippen MR) is 132 cm³/mol. The summed E-state index contributed by atoms with van der Waals surface area (Å²) >= 11 is 0. The highest BCUT2D eigenvalue weighted by Crippen LogP contribution is 2.43. The lowest BCUT2D eigenvalue weighted by atomic mass is 9.74. The number of carbonyl (C=O) groups excluding carboxylic acids is 3. The number of ketones is 1. The fourth-order valence-corrected chi connectivity index (χ4v) is 4.74. The molecule has 4 aromatic rings. The number of hydrogen-bond donors (Lipinski definition) is 0. The van der Waals surface area contributed by atoms with Gasteiger partial charge in [-0.2, -0.15) is 0 Å². The van der Waals surface area contributed by atoms with E-state index in [0.29, 0.717) is 22.4 Å². The lowest BCUT2D eigenvalue weighted by Gasteiger charge is -2.36. The molecule has 0 saturated heterocycles. The zero-order chi connectivity index (χ0) is 23.5. The van der Waals surface area contributed by atoms with Crippen LogP contribution in [0.25, 0.3) is 0 Å². The number of Topliss-reactive ketones (excluding diaryl/α,β-unsaturated/α-hetero) is 1. The van der Waals surface area contributed by atoms with Crippen molar-refractivity contribution in [1.82, 2.24) is 0 Å². The van der Waals surface area contributed by atoms with Crippen LogP contribution in [0.3, 0.4) is 0 Å². The van der Waals surface area contributed by atoms with Crippen LogP contribution in [0.15, 0.2) is 115 Å². The molecule has 5 rings (SSSR count). The van der Waals surface area contributed by atoms with E-state index < -0.39 is 11.8 Å². The fraction of sp³-hybridized carbons (Fsp3) is 0.100. The Labute approximate surface area is 198 Å². The number of imide groups is 1. The molecule has 4 heteroatoms. The Morgan fingerprint density at radius 3 is 1.94 bits per heavy atom. The number of para-hydroxylation sites is 1. The number of rotatable bonds is 6. The van der Waals surface area contributed by atoms with Crippen molar-refractivity contribution in [3.8, 4) is 0 Å². The Morgan fingerprint density at radius 2 is 1.26 bits per heavy atom. The summed E-state index contributed by atoms with van der Waals surface area (Å²) in [6.45, 7) is 0. The van der Waals surface area contributed by atoms with Crippen molar-refractivity contribution in [3.63, 3.8) is 0 Å². The first-order valence-electron chi connectivity index (χ1n) is 11.3. The second-order valence-electron chi connectivity index (χ2n) is 8.39. The first-order valence-corrected chi connectivity index (χ1v) is 11.3. The summed E-state index contributed by atoms with van der Waals surface area (Å²) < 4.78 is 0. The Kier molecular flexibility index (Phi) is 5.88. The molecule has 1 aliphatic heterocycles. The molecule has 34 heavy (non-hydrogen) atoms. The number of fused-ring (bicyclic) bond motifs is 1. The van der Waals surface area contributed by atoms with E-state index in [2.05, 4.69) is 0 Å². The molecule has 0 aliphatic carbocycles. The van der Waals surface area contributed by atoms with E-state index in [1.165, 1.54) is 4.90 Å². The van der Waals surface area contributed by atoms with Gasteiger partial charge in [0.25, 0.3) is 5.91 Å². The maximum atomic E-state index is 14.0. The number of hydrogen-bond acceptors (Lipinski definition) is 3. The van der Waals surface area contributed by atoms with Gasteiger partial charge in [-0.05, 0) is 29.3 Å². The number of nitrogens with zero attached hydrogens (tertiary/aromatic N) is 1. The van der Waals surface area contributed by atoms with Crippen LogP contribution in [-0.2, 0) is 4.79 Å². The van der Waals surface area contributed by atoms with E-state index in [-0.39, 0.29) is 24.0 Å². The first kappa shape index (κ1) is 21.5. The maximum Gasteiger partial charge on any atom is 0.265 e. The molecule has 2 atom stereocenters. The van der Waals surface area contributed by atoms with Crippen LogP contribution in [0.1, 0.15) is 50.1 Å². The lowest BCUT2D eigenvalue weighted by Crippen LogP contribution is -2.46. The van der Waals surface area contributed by atoms with Crippen LogP contribution in [0, 0.1) is 0 Å². The van der Waals surface area contributed by atoms with Gasteiger partial charge in [0.1, 0.15) is 0 Å². The molecule has 0 bridgehead atoms. The van der Waals surface area contributed by atoms with E-state index >= 15 is 0 Å². The molecule has 4 nitrogen and oxygen atoms in total. The van der Waals surface area contributed by atoms with Crippen molar-refractivity contribution in [1.29, 1.82) is 0 Å². The third-order valence-corrected chi connectivity index (χ3v) is 6.36. The van der Waals surface area contributed by atoms with E-state index in [1.807, 2.05) is 66.7 Å². The highest BCUT2D eigenvalue weighted by atomic mass is 16.2. The minimum absolute atomic E-state index is 0.0390. The Hall–Kier alpha value is -4.31. The summed E-state index contributed by atoms with van der Waals surface area (Å²) in [6, 6.07) is 35.0. The van der Waals surface area contributed by atoms with Gasteiger partial charge < -0.3 is 0 Å². The van der Waals surface area contributed by atoms with Gasteiger partial charge in [0.15, 0.2) is 5.78 Å². The second kappa shape index (κ2) is 9.28. The smallest absolute Gasteiger partial charge is 0.265 e. The molecule has 166 valence electrons. The number of benzene rings is 4. The molecule has 0 aromatic heterocycles. The highest BCUT2D eigenvalue weighted by molar-refractivity contribution is 6.26. The number of amides is 2. The molecule has 1 aliphatic rings. The number of anilines is 1. The van der Waals surface area contributed by atoms with Gasteiger partial charge >= 0.3 is 0 Å². The van der Waals surface area contributed by atoms with Gasteiger partial charge in [0, 0.05) is 23.5 Å². The van der Waals surface area contributed by atoms with Gasteiger partial charge in [-0.1, -0.05) is 97.1 Å². The minimum atomic E-state index is -0.677. The molecule has 4 aromatic carbocycles. The van der Waals surface area contributed by atoms with Crippen molar-refractivity contribution in [2.24, 2.45) is 0 Å². The van der Waals surface area contributed by atoms with Crippen LogP contribution >= 0.6 is 0 Å². The maximum absolute atomic E-state index is 14.0. The third-order valence-electron chi connectivity index (χ3n) is 6.36. The predicted octanol–water partition coefficient (Wildman–Crippen LogP) is 6.01. The Balaban J connectivity index is 1.64. The standard InChI is InChI=1S/C30H23NO3/c32-27(22-14-6-2-7-15-22)20-26(21-12-4-1-5-13-21)28-24-18-10-11-19-25(24)29(33)31(30(28)34)23-16-8-3-9-17-23/h1-19,26,28H,20H2. The quantitative estimate of drug-likeness (QED) is 0.270. The molecular weight excluding hydrogens is 422 g/mol. The summed E-state index contributed by atoms with van der Waals surface area (Å²) in [7, 11) is 0. The average Bonchev–Trinajstić information content (AvgIpc) is 2.90. The molecule has 0 N–H and O–H groups in total. The van der Waals surface area contributed by atoms with Crippen molar-refractivity contribution in [2.45, 2.75) is 18.3 Å². The molecule has 2 unspecified atom stereocenters. The second-order valence-corrected chi connectivity index (χ2v) is 8.39. The molecule has 0 radical (unpaired) electrons. The summed E-state index contributed by atoms with van der Waals surface area (Å²) in [6.07, 6.45) is 0.148. The average molecular weight is 446 g/mol. The SMILES string of the molecule is O=C(CC(c1ccccc1)C1C(=O)N(c2ccccc2)C(=O)c2ccccc21)c1ccccc1. The molecule has 0 fully saturated rings. The summed E-state index contributed by atoms with van der Waals surface area (Å²) in [5.41, 5.74) is 3.18. The summed E-state index contributed by atoms with van der Waals surface area (Å²) in [5.74, 6) is -1.80. The van der Waals surface area contributed by atoms with E-state index in [9.17, 15) is 14.4 Å². The van der Waals surface area contributed by atoms with Crippen molar-refractivity contribution >= 4 is 23.3 Å². The van der Waals surface area contributed by atoms with E-state index in [1.54, 1.807) is 48.5 Å². The van der Waals surface area contributed by atoms with E-state index in [0.717, 1.165) is 5.56 Å². The van der Waals surface area contributed by atoms with Crippen LogP contribution in [-0.4, -0.2) is 17.6 Å². The van der Waals surface area contributed by atoms with Crippen molar-refractivity contribution < 1.29 is 14.4 Å². The van der Waals surface area contributed by atoms with Crippen molar-refractivity contribution in [2.75, 3.05) is 4.90 Å². The normalized spacial score (nSPS) is 16.1. The lowest BCUT2D eigenvalue weighted by molar-refractivity contribution is -0.120. The van der Waals surface area contributed by atoms with Crippen LogP contribution in [0.5, 0.6) is 0 Å². The van der Waals surface area contributed by atoms with Gasteiger partial charge in [-0.15, -0.1) is 0 Å². The molecule has 1 heterocycles. The topological polar surface area (TPSA) is 54.5 Å². The van der Waals surface area contributed by atoms with Gasteiger partial charge in [0.2, 0.25) is 5.91 Å². The summed E-state index contributed by atoms with van der Waals surface area (Å²) in [5, 5.41) is 0. The largest absolute Gasteiger partial charge is 0.294 e. The summed E-state index contributed by atoms with van der Waals surface area (Å²) in [4.78, 5) is 42.0. The fourth-order valence-electron chi connectivity index (χ4n) is 4.74. The van der Waals surface area contributed by atoms with Gasteiger partial charge in [-0.3, -0.25) is 14.4 Å². The molecule has 0 spiro atoms. The molecule has 0 saturated carbocycles. The van der Waals surface area contributed by atoms with Gasteiger partial charge in [-0.25, -0.2) is 4.90 Å².